The smallest absolute Gasteiger partial charge is 0.336 e. The van der Waals surface area contributed by atoms with Crippen LogP contribution in [0.4, 0.5) is 10.5 Å². The number of urea groups is 1. The largest absolute Gasteiger partial charge is 0.495 e. The summed E-state index contributed by atoms with van der Waals surface area (Å²) < 4.78 is 22.5. The van der Waals surface area contributed by atoms with Crippen LogP contribution in [0.15, 0.2) is 58.6 Å². The number of nitrogens with one attached hydrogen (secondary N) is 1. The lowest BCUT2D eigenvalue weighted by Gasteiger charge is -2.28. The molecule has 0 unspecified atom stereocenters. The fourth-order valence-electron chi connectivity index (χ4n) is 3.76. The third-order valence-electron chi connectivity index (χ3n) is 5.66. The van der Waals surface area contributed by atoms with Crippen LogP contribution in [-0.2, 0) is 16.2 Å². The van der Waals surface area contributed by atoms with Crippen molar-refractivity contribution in [1.29, 1.82) is 0 Å². The highest BCUT2D eigenvalue weighted by atomic mass is 79.9. The number of hydrogen-bond acceptors (Lipinski definition) is 7. The Morgan fingerprint density at radius 2 is 1.56 bits per heavy atom. The first-order valence-corrected chi connectivity index (χ1v) is 12.8. The van der Waals surface area contributed by atoms with Gasteiger partial charge in [-0.25, -0.2) is 9.69 Å². The number of barbiturate groups is 1. The molecule has 1 fully saturated rings. The Morgan fingerprint density at radius 1 is 0.897 bits per heavy atom. The molecular formula is C27H21BrCl2N2O7. The molecule has 202 valence electrons. The molecule has 0 aromatic heterocycles. The maximum Gasteiger partial charge on any atom is 0.336 e. The van der Waals surface area contributed by atoms with Gasteiger partial charge in [-0.05, 0) is 57.4 Å². The number of carbonyl (C=O) groups excluding carboxylic acids is 3. The zero-order valence-corrected chi connectivity index (χ0v) is 23.9. The number of rotatable bonds is 8. The van der Waals surface area contributed by atoms with E-state index in [1.54, 1.807) is 24.3 Å². The topological polar surface area (TPSA) is 103 Å². The van der Waals surface area contributed by atoms with Crippen LogP contribution in [0.2, 0.25) is 10.0 Å². The number of halogens is 3. The fourth-order valence-corrected chi connectivity index (χ4v) is 4.69. The predicted molar refractivity (Wildman–Crippen MR) is 150 cm³/mol. The van der Waals surface area contributed by atoms with Gasteiger partial charge in [-0.2, -0.15) is 0 Å². The molecule has 3 aromatic carbocycles. The number of nitrogens with zero attached hydrogens (tertiary/aromatic N) is 1. The van der Waals surface area contributed by atoms with Crippen molar-refractivity contribution in [1.82, 2.24) is 5.32 Å². The van der Waals surface area contributed by atoms with Crippen molar-refractivity contribution in [3.05, 3.63) is 79.7 Å². The SMILES string of the molecule is COc1cc(N2C(=O)NC(=O)/C(=C\c3cc(Br)c(OCc4ccc(Cl)cc4)c(OC)c3)C2=O)c(OC)cc1Cl. The van der Waals surface area contributed by atoms with E-state index in [0.29, 0.717) is 26.6 Å². The van der Waals surface area contributed by atoms with Gasteiger partial charge < -0.3 is 18.9 Å². The Labute approximate surface area is 242 Å². The number of anilines is 1. The third kappa shape index (κ3) is 5.98. The van der Waals surface area contributed by atoms with E-state index in [-0.39, 0.29) is 34.4 Å². The molecule has 4 amide bonds. The first-order valence-electron chi connectivity index (χ1n) is 11.2. The molecule has 0 bridgehead atoms. The number of amides is 4. The first-order chi connectivity index (χ1) is 18.7. The Bertz CT molecular complexity index is 1490. The highest BCUT2D eigenvalue weighted by Crippen LogP contribution is 2.40. The van der Waals surface area contributed by atoms with Crippen molar-refractivity contribution in [2.45, 2.75) is 6.61 Å². The zero-order valence-electron chi connectivity index (χ0n) is 20.8. The normalized spacial score (nSPS) is 14.4. The fraction of sp³-hybridized carbons (Fsp3) is 0.148. The molecule has 1 heterocycles. The minimum absolute atomic E-state index is 0.0457. The van der Waals surface area contributed by atoms with E-state index >= 15 is 0 Å². The summed E-state index contributed by atoms with van der Waals surface area (Å²) in [5, 5.41) is 3.01. The molecule has 1 aliphatic heterocycles. The average Bonchev–Trinajstić information content (AvgIpc) is 2.91. The monoisotopic (exact) mass is 634 g/mol. The van der Waals surface area contributed by atoms with Crippen LogP contribution in [0.25, 0.3) is 6.08 Å². The van der Waals surface area contributed by atoms with Crippen LogP contribution in [0, 0.1) is 0 Å². The van der Waals surface area contributed by atoms with E-state index in [0.717, 1.165) is 10.5 Å². The molecule has 1 aliphatic rings. The Balaban J connectivity index is 1.68. The lowest BCUT2D eigenvalue weighted by Crippen LogP contribution is -2.54. The molecule has 9 nitrogen and oxygen atoms in total. The van der Waals surface area contributed by atoms with Gasteiger partial charge >= 0.3 is 6.03 Å². The van der Waals surface area contributed by atoms with Crippen molar-refractivity contribution in [3.8, 4) is 23.0 Å². The molecule has 1 saturated heterocycles. The number of benzene rings is 3. The van der Waals surface area contributed by atoms with E-state index in [9.17, 15) is 14.4 Å². The second kappa shape index (κ2) is 12.0. The van der Waals surface area contributed by atoms with Crippen LogP contribution in [-0.4, -0.2) is 39.2 Å². The highest BCUT2D eigenvalue weighted by molar-refractivity contribution is 9.10. The predicted octanol–water partition coefficient (Wildman–Crippen LogP) is 6.03. The van der Waals surface area contributed by atoms with E-state index in [1.807, 2.05) is 12.1 Å². The number of hydrogen-bond donors (Lipinski definition) is 1. The summed E-state index contributed by atoms with van der Waals surface area (Å²) in [6.45, 7) is 0.247. The average molecular weight is 636 g/mol. The Hall–Kier alpha value is -3.73. The molecule has 39 heavy (non-hydrogen) atoms. The van der Waals surface area contributed by atoms with Gasteiger partial charge in [0.1, 0.15) is 23.7 Å². The summed E-state index contributed by atoms with van der Waals surface area (Å²) in [5.74, 6) is -0.624. The molecule has 0 aliphatic carbocycles. The number of imide groups is 2. The lowest BCUT2D eigenvalue weighted by molar-refractivity contribution is -0.122. The molecular weight excluding hydrogens is 615 g/mol. The van der Waals surface area contributed by atoms with Gasteiger partial charge in [0.25, 0.3) is 11.8 Å². The highest BCUT2D eigenvalue weighted by Gasteiger charge is 2.38. The van der Waals surface area contributed by atoms with Crippen LogP contribution in [0.3, 0.4) is 0 Å². The zero-order chi connectivity index (χ0) is 28.3. The molecule has 12 heteroatoms. The summed E-state index contributed by atoms with van der Waals surface area (Å²) in [4.78, 5) is 39.7. The van der Waals surface area contributed by atoms with Crippen molar-refractivity contribution in [2.24, 2.45) is 0 Å². The van der Waals surface area contributed by atoms with Gasteiger partial charge in [-0.3, -0.25) is 14.9 Å². The van der Waals surface area contributed by atoms with Crippen molar-refractivity contribution in [2.75, 3.05) is 26.2 Å². The van der Waals surface area contributed by atoms with Crippen molar-refractivity contribution < 1.29 is 33.3 Å². The maximum atomic E-state index is 13.5. The number of carbonyl (C=O) groups is 3. The van der Waals surface area contributed by atoms with E-state index in [4.69, 9.17) is 42.1 Å². The minimum atomic E-state index is -0.950. The van der Waals surface area contributed by atoms with Crippen molar-refractivity contribution >= 4 is 68.7 Å². The second-order valence-electron chi connectivity index (χ2n) is 8.07. The Morgan fingerprint density at radius 3 is 2.21 bits per heavy atom. The summed E-state index contributed by atoms with van der Waals surface area (Å²) in [6, 6.07) is 12.3. The molecule has 0 saturated carbocycles. The summed E-state index contributed by atoms with van der Waals surface area (Å²) in [7, 11) is 4.21. The van der Waals surface area contributed by atoms with Gasteiger partial charge in [0.15, 0.2) is 11.5 Å². The minimum Gasteiger partial charge on any atom is -0.495 e. The van der Waals surface area contributed by atoms with E-state index in [2.05, 4.69) is 21.2 Å². The molecule has 1 N–H and O–H groups in total. The van der Waals surface area contributed by atoms with Crippen LogP contribution >= 0.6 is 39.1 Å². The van der Waals surface area contributed by atoms with Gasteiger partial charge in [0.05, 0.1) is 36.5 Å². The van der Waals surface area contributed by atoms with Gasteiger partial charge in [0.2, 0.25) is 0 Å². The van der Waals surface area contributed by atoms with Crippen molar-refractivity contribution in [3.63, 3.8) is 0 Å². The molecule has 3 aromatic rings. The summed E-state index contributed by atoms with van der Waals surface area (Å²) in [6.07, 6.45) is 1.34. The second-order valence-corrected chi connectivity index (χ2v) is 9.76. The van der Waals surface area contributed by atoms with Crippen LogP contribution < -0.4 is 29.2 Å². The van der Waals surface area contributed by atoms with E-state index in [1.165, 1.54) is 39.5 Å². The van der Waals surface area contributed by atoms with Gasteiger partial charge in [-0.15, -0.1) is 0 Å². The van der Waals surface area contributed by atoms with E-state index < -0.39 is 17.8 Å². The summed E-state index contributed by atoms with van der Waals surface area (Å²) in [5.41, 5.74) is 1.08. The number of methoxy groups -OCH3 is 3. The summed E-state index contributed by atoms with van der Waals surface area (Å²) >= 11 is 15.6. The maximum absolute atomic E-state index is 13.5. The Kier molecular flexibility index (Phi) is 8.69. The molecule has 0 spiro atoms. The van der Waals surface area contributed by atoms with Crippen LogP contribution in [0.5, 0.6) is 23.0 Å². The third-order valence-corrected chi connectivity index (χ3v) is 6.79. The molecule has 0 atom stereocenters. The standard InChI is InChI=1S/C27H21BrCl2N2O7/c1-36-21-12-20(22(37-2)11-19(21)30)32-26(34)17(25(33)31-27(32)35)8-15-9-18(28)24(23(10-15)38-3)39-13-14-4-6-16(29)7-5-14/h4-12H,13H2,1-3H3,(H,31,33,35)/b17-8+. The van der Waals surface area contributed by atoms with Crippen LogP contribution in [0.1, 0.15) is 11.1 Å². The van der Waals surface area contributed by atoms with Gasteiger partial charge in [-0.1, -0.05) is 35.3 Å². The molecule has 0 radical (unpaired) electrons. The number of ether oxygens (including phenoxy) is 4. The first kappa shape index (κ1) is 28.3. The van der Waals surface area contributed by atoms with Gasteiger partial charge in [0, 0.05) is 17.2 Å². The molecule has 4 rings (SSSR count). The lowest BCUT2D eigenvalue weighted by atomic mass is 10.1. The quantitative estimate of drug-likeness (QED) is 0.238.